The van der Waals surface area contributed by atoms with Crippen LogP contribution in [-0.4, -0.2) is 15.0 Å². The van der Waals surface area contributed by atoms with E-state index in [2.05, 4.69) is 33.3 Å². The monoisotopic (exact) mass is 269 g/mol. The summed E-state index contributed by atoms with van der Waals surface area (Å²) < 4.78 is 0. The summed E-state index contributed by atoms with van der Waals surface area (Å²) in [5.41, 5.74) is 9.08. The highest BCUT2D eigenvalue weighted by molar-refractivity contribution is 5.55. The Morgan fingerprint density at radius 2 is 2.10 bits per heavy atom. The molecule has 0 aromatic carbocycles. The number of aromatic nitrogens is 3. The van der Waals surface area contributed by atoms with E-state index in [4.69, 9.17) is 5.73 Å². The lowest BCUT2D eigenvalue weighted by atomic mass is 10.2. The molecule has 1 aliphatic rings. The van der Waals surface area contributed by atoms with Gasteiger partial charge in [0.1, 0.15) is 17.5 Å². The molecule has 3 rings (SSSR count). The molecule has 104 valence electrons. The van der Waals surface area contributed by atoms with Crippen molar-refractivity contribution in [1.82, 2.24) is 15.0 Å². The normalized spacial score (nSPS) is 14.3. The van der Waals surface area contributed by atoms with Crippen LogP contribution in [0.15, 0.2) is 18.3 Å². The first-order chi connectivity index (χ1) is 9.65. The minimum Gasteiger partial charge on any atom is -0.383 e. The molecule has 0 spiro atoms. The highest BCUT2D eigenvalue weighted by Crippen LogP contribution is 2.39. The van der Waals surface area contributed by atoms with Gasteiger partial charge in [0.15, 0.2) is 0 Å². The van der Waals surface area contributed by atoms with Crippen molar-refractivity contribution < 1.29 is 0 Å². The van der Waals surface area contributed by atoms with E-state index in [1.807, 2.05) is 13.0 Å². The van der Waals surface area contributed by atoms with E-state index in [9.17, 15) is 0 Å². The number of nitrogens with zero attached hydrogens (tertiary/aromatic N) is 3. The van der Waals surface area contributed by atoms with Crippen LogP contribution in [0.5, 0.6) is 0 Å². The molecule has 0 radical (unpaired) electrons. The predicted octanol–water partition coefficient (Wildman–Crippen LogP) is 2.56. The van der Waals surface area contributed by atoms with Gasteiger partial charge < -0.3 is 11.1 Å². The van der Waals surface area contributed by atoms with E-state index >= 15 is 0 Å². The average molecular weight is 269 g/mol. The van der Waals surface area contributed by atoms with Gasteiger partial charge in [0.2, 0.25) is 0 Å². The molecular formula is C15H19N5. The maximum absolute atomic E-state index is 5.98. The quantitative estimate of drug-likeness (QED) is 0.892. The second-order valence-electron chi connectivity index (χ2n) is 5.34. The zero-order valence-corrected chi connectivity index (χ0v) is 11.8. The fraction of sp³-hybridized carbons (Fsp3) is 0.400. The van der Waals surface area contributed by atoms with Gasteiger partial charge in [-0.2, -0.15) is 0 Å². The topological polar surface area (TPSA) is 76.7 Å². The summed E-state index contributed by atoms with van der Waals surface area (Å²) >= 11 is 0. The Kier molecular flexibility index (Phi) is 3.26. The van der Waals surface area contributed by atoms with Crippen molar-refractivity contribution in [2.24, 2.45) is 0 Å². The van der Waals surface area contributed by atoms with Crippen LogP contribution in [0.4, 0.5) is 11.6 Å². The molecule has 0 unspecified atom stereocenters. The molecular weight excluding hydrogens is 250 g/mol. The zero-order chi connectivity index (χ0) is 14.1. The van der Waals surface area contributed by atoms with Crippen molar-refractivity contribution in [2.75, 3.05) is 11.1 Å². The van der Waals surface area contributed by atoms with Gasteiger partial charge in [-0.3, -0.25) is 4.98 Å². The SMILES string of the molecule is Cc1cccnc1CNc1nc(C2CC2)nc(N)c1C. The van der Waals surface area contributed by atoms with E-state index in [-0.39, 0.29) is 0 Å². The number of nitrogens with two attached hydrogens (primary N) is 1. The van der Waals surface area contributed by atoms with E-state index in [0.717, 1.165) is 22.9 Å². The summed E-state index contributed by atoms with van der Waals surface area (Å²) in [5.74, 6) is 2.76. The van der Waals surface area contributed by atoms with Crippen LogP contribution in [0.25, 0.3) is 0 Å². The van der Waals surface area contributed by atoms with Gasteiger partial charge in [0, 0.05) is 17.7 Å². The molecule has 1 fully saturated rings. The van der Waals surface area contributed by atoms with Gasteiger partial charge in [-0.15, -0.1) is 0 Å². The van der Waals surface area contributed by atoms with E-state index in [1.54, 1.807) is 6.20 Å². The Hall–Kier alpha value is -2.17. The Balaban J connectivity index is 1.81. The number of hydrogen-bond donors (Lipinski definition) is 2. The molecule has 1 saturated carbocycles. The second-order valence-corrected chi connectivity index (χ2v) is 5.34. The number of pyridine rings is 1. The van der Waals surface area contributed by atoms with Gasteiger partial charge in [-0.25, -0.2) is 9.97 Å². The van der Waals surface area contributed by atoms with Gasteiger partial charge in [0.25, 0.3) is 0 Å². The lowest BCUT2D eigenvalue weighted by Gasteiger charge is -2.12. The minimum absolute atomic E-state index is 0.495. The van der Waals surface area contributed by atoms with Crippen LogP contribution in [-0.2, 0) is 6.54 Å². The molecule has 5 nitrogen and oxygen atoms in total. The van der Waals surface area contributed by atoms with E-state index < -0.39 is 0 Å². The van der Waals surface area contributed by atoms with Gasteiger partial charge in [0.05, 0.1) is 12.2 Å². The smallest absolute Gasteiger partial charge is 0.136 e. The van der Waals surface area contributed by atoms with Crippen molar-refractivity contribution in [3.05, 3.63) is 41.0 Å². The number of hydrogen-bond acceptors (Lipinski definition) is 5. The Morgan fingerprint density at radius 1 is 1.30 bits per heavy atom. The summed E-state index contributed by atoms with van der Waals surface area (Å²) in [6.07, 6.45) is 4.14. The molecule has 0 saturated heterocycles. The number of nitrogens with one attached hydrogen (secondary N) is 1. The van der Waals surface area contributed by atoms with Crippen molar-refractivity contribution in [2.45, 2.75) is 39.2 Å². The average Bonchev–Trinajstić information content (AvgIpc) is 3.26. The third kappa shape index (κ3) is 2.57. The summed E-state index contributed by atoms with van der Waals surface area (Å²) in [5, 5.41) is 3.34. The molecule has 1 aliphatic carbocycles. The van der Waals surface area contributed by atoms with Crippen molar-refractivity contribution >= 4 is 11.6 Å². The zero-order valence-electron chi connectivity index (χ0n) is 11.8. The van der Waals surface area contributed by atoms with Crippen molar-refractivity contribution in [3.8, 4) is 0 Å². The van der Waals surface area contributed by atoms with Gasteiger partial charge >= 0.3 is 0 Å². The molecule has 2 aromatic rings. The summed E-state index contributed by atoms with van der Waals surface area (Å²) in [6.45, 7) is 4.65. The van der Waals surface area contributed by atoms with Crippen LogP contribution >= 0.6 is 0 Å². The molecule has 2 aromatic heterocycles. The lowest BCUT2D eigenvalue weighted by Crippen LogP contribution is -2.10. The Morgan fingerprint density at radius 3 is 2.80 bits per heavy atom. The van der Waals surface area contributed by atoms with Gasteiger partial charge in [-0.1, -0.05) is 6.07 Å². The largest absolute Gasteiger partial charge is 0.383 e. The van der Waals surface area contributed by atoms with E-state index in [1.165, 1.54) is 18.4 Å². The van der Waals surface area contributed by atoms with Crippen LogP contribution in [0.2, 0.25) is 0 Å². The molecule has 5 heteroatoms. The summed E-state index contributed by atoms with van der Waals surface area (Å²) in [7, 11) is 0. The lowest BCUT2D eigenvalue weighted by molar-refractivity contribution is 0.910. The third-order valence-electron chi connectivity index (χ3n) is 3.68. The first-order valence-corrected chi connectivity index (χ1v) is 6.93. The highest BCUT2D eigenvalue weighted by atomic mass is 15.1. The molecule has 0 atom stereocenters. The van der Waals surface area contributed by atoms with Crippen molar-refractivity contribution in [3.63, 3.8) is 0 Å². The summed E-state index contributed by atoms with van der Waals surface area (Å²) in [4.78, 5) is 13.4. The number of aryl methyl sites for hydroxylation is 1. The fourth-order valence-corrected chi connectivity index (χ4v) is 2.12. The first kappa shape index (κ1) is 12.8. The Labute approximate surface area is 118 Å². The third-order valence-corrected chi connectivity index (χ3v) is 3.68. The molecule has 0 bridgehead atoms. The fourth-order valence-electron chi connectivity index (χ4n) is 2.12. The molecule has 20 heavy (non-hydrogen) atoms. The van der Waals surface area contributed by atoms with Crippen LogP contribution in [0, 0.1) is 13.8 Å². The number of nitrogen functional groups attached to an aromatic ring is 1. The highest BCUT2D eigenvalue weighted by Gasteiger charge is 2.27. The maximum atomic E-state index is 5.98. The summed E-state index contributed by atoms with van der Waals surface area (Å²) in [6, 6.07) is 4.00. The van der Waals surface area contributed by atoms with Crippen LogP contribution in [0.3, 0.4) is 0 Å². The maximum Gasteiger partial charge on any atom is 0.136 e. The minimum atomic E-state index is 0.495. The standard InChI is InChI=1S/C15H19N5/c1-9-4-3-7-17-12(9)8-18-14-10(2)13(16)19-15(20-14)11-5-6-11/h3-4,7,11H,5-6,8H2,1-2H3,(H3,16,18,19,20). The molecule has 0 aliphatic heterocycles. The van der Waals surface area contributed by atoms with Crippen molar-refractivity contribution in [1.29, 1.82) is 0 Å². The van der Waals surface area contributed by atoms with E-state index in [0.29, 0.717) is 18.3 Å². The Bertz CT molecular complexity index is 634. The van der Waals surface area contributed by atoms with Crippen LogP contribution < -0.4 is 11.1 Å². The number of rotatable bonds is 4. The molecule has 2 heterocycles. The van der Waals surface area contributed by atoms with Crippen LogP contribution in [0.1, 0.15) is 41.4 Å². The predicted molar refractivity (Wildman–Crippen MR) is 79.5 cm³/mol. The molecule has 3 N–H and O–H groups in total. The first-order valence-electron chi connectivity index (χ1n) is 6.93. The second kappa shape index (κ2) is 5.07. The number of anilines is 2. The van der Waals surface area contributed by atoms with Gasteiger partial charge in [-0.05, 0) is 38.3 Å². The molecule has 0 amide bonds.